The second-order valence-electron chi connectivity index (χ2n) is 4.77. The highest BCUT2D eigenvalue weighted by Gasteiger charge is 2.03. The van der Waals surface area contributed by atoms with Gasteiger partial charge in [-0.05, 0) is 35.0 Å². The van der Waals surface area contributed by atoms with Gasteiger partial charge in [0, 0.05) is 16.7 Å². The Bertz CT molecular complexity index is 868. The van der Waals surface area contributed by atoms with Gasteiger partial charge in [-0.3, -0.25) is 5.41 Å². The number of amidine groups is 1. The zero-order valence-corrected chi connectivity index (χ0v) is 11.4. The summed E-state index contributed by atoms with van der Waals surface area (Å²) in [5.41, 5.74) is 8.31. The third-order valence-electron chi connectivity index (χ3n) is 3.30. The number of nitrogens with two attached hydrogens (primary N) is 1. The number of fused-ring (bicyclic) bond motifs is 1. The van der Waals surface area contributed by atoms with E-state index >= 15 is 0 Å². The highest BCUT2D eigenvalue weighted by Crippen LogP contribution is 2.19. The zero-order valence-electron chi connectivity index (χ0n) is 11.4. The highest BCUT2D eigenvalue weighted by molar-refractivity contribution is 6.07. The summed E-state index contributed by atoms with van der Waals surface area (Å²) < 4.78 is 0. The summed E-state index contributed by atoms with van der Waals surface area (Å²) >= 11 is 0. The number of benzene rings is 3. The molecule has 0 unspecified atom stereocenters. The van der Waals surface area contributed by atoms with Crippen molar-refractivity contribution in [3.05, 3.63) is 83.4 Å². The van der Waals surface area contributed by atoms with Crippen LogP contribution < -0.4 is 5.73 Å². The Labute approximate surface area is 123 Å². The van der Waals surface area contributed by atoms with Gasteiger partial charge in [-0.25, -0.2) is 0 Å². The molecule has 0 amide bonds. The molecule has 0 fully saturated rings. The molecule has 0 aliphatic carbocycles. The van der Waals surface area contributed by atoms with Crippen LogP contribution in [-0.4, -0.2) is 5.84 Å². The molecule has 0 spiro atoms. The van der Waals surface area contributed by atoms with Crippen LogP contribution >= 0.6 is 0 Å². The second-order valence-corrected chi connectivity index (χ2v) is 4.77. The van der Waals surface area contributed by atoms with Crippen molar-refractivity contribution < 1.29 is 0 Å². The standard InChI is InChI=1S/C19H14N2/c20-19(21)18-8-4-7-16-13-15(11-12-17(16)18)10-9-14-5-2-1-3-6-14/h1-8,11-13H,(H3,20,21). The SMILES string of the molecule is N=C(N)c1cccc2cc(C#Cc3ccccc3)ccc12. The molecule has 2 heteroatoms. The molecule has 3 aromatic rings. The van der Waals surface area contributed by atoms with E-state index in [1.54, 1.807) is 0 Å². The molecule has 3 rings (SSSR count). The van der Waals surface area contributed by atoms with Crippen molar-refractivity contribution in [1.29, 1.82) is 5.41 Å². The first-order chi connectivity index (χ1) is 10.2. The maximum atomic E-state index is 7.61. The van der Waals surface area contributed by atoms with Crippen molar-refractivity contribution in [3.8, 4) is 11.8 Å². The van der Waals surface area contributed by atoms with Crippen LogP contribution in [0.4, 0.5) is 0 Å². The fourth-order valence-corrected chi connectivity index (χ4v) is 2.26. The van der Waals surface area contributed by atoms with E-state index in [4.69, 9.17) is 11.1 Å². The van der Waals surface area contributed by atoms with Crippen LogP contribution in [0.25, 0.3) is 10.8 Å². The minimum Gasteiger partial charge on any atom is -0.384 e. The third kappa shape index (κ3) is 2.77. The molecule has 0 aliphatic heterocycles. The predicted molar refractivity (Wildman–Crippen MR) is 87.4 cm³/mol. The number of nitrogen functional groups attached to an aromatic ring is 1. The van der Waals surface area contributed by atoms with Gasteiger partial charge < -0.3 is 5.73 Å². The molecule has 0 heterocycles. The molecule has 100 valence electrons. The number of rotatable bonds is 1. The highest BCUT2D eigenvalue weighted by atomic mass is 14.7. The molecule has 0 saturated carbocycles. The molecule has 0 bridgehead atoms. The van der Waals surface area contributed by atoms with E-state index in [9.17, 15) is 0 Å². The Morgan fingerprint density at radius 3 is 2.33 bits per heavy atom. The van der Waals surface area contributed by atoms with Crippen LogP contribution in [0.15, 0.2) is 66.7 Å². The van der Waals surface area contributed by atoms with E-state index in [1.807, 2.05) is 66.7 Å². The minimum atomic E-state index is 0.0868. The van der Waals surface area contributed by atoms with Crippen molar-refractivity contribution in [2.45, 2.75) is 0 Å². The molecule has 0 radical (unpaired) electrons. The lowest BCUT2D eigenvalue weighted by Gasteiger charge is -2.04. The first-order valence-corrected chi connectivity index (χ1v) is 6.68. The fraction of sp³-hybridized carbons (Fsp3) is 0. The van der Waals surface area contributed by atoms with Crippen LogP contribution in [0.2, 0.25) is 0 Å². The van der Waals surface area contributed by atoms with Crippen molar-refractivity contribution in [2.75, 3.05) is 0 Å². The molecule has 0 aliphatic rings. The zero-order chi connectivity index (χ0) is 14.7. The van der Waals surface area contributed by atoms with Crippen LogP contribution in [0.1, 0.15) is 16.7 Å². The van der Waals surface area contributed by atoms with Gasteiger partial charge in [0.2, 0.25) is 0 Å². The summed E-state index contributed by atoms with van der Waals surface area (Å²) in [6.45, 7) is 0. The molecular weight excluding hydrogens is 256 g/mol. The second kappa shape index (κ2) is 5.52. The summed E-state index contributed by atoms with van der Waals surface area (Å²) in [4.78, 5) is 0. The van der Waals surface area contributed by atoms with Gasteiger partial charge in [0.25, 0.3) is 0 Å². The largest absolute Gasteiger partial charge is 0.384 e. The number of nitrogens with one attached hydrogen (secondary N) is 1. The molecule has 3 aromatic carbocycles. The molecule has 0 aromatic heterocycles. The number of hydrogen-bond donors (Lipinski definition) is 2. The molecule has 0 atom stereocenters. The third-order valence-corrected chi connectivity index (χ3v) is 3.30. The quantitative estimate of drug-likeness (QED) is 0.397. The summed E-state index contributed by atoms with van der Waals surface area (Å²) in [5.74, 6) is 6.40. The average Bonchev–Trinajstić information content (AvgIpc) is 2.53. The number of hydrogen-bond acceptors (Lipinski definition) is 1. The van der Waals surface area contributed by atoms with Gasteiger partial charge in [-0.2, -0.15) is 0 Å². The summed E-state index contributed by atoms with van der Waals surface area (Å²) in [6, 6.07) is 21.6. The first kappa shape index (κ1) is 13.0. The Balaban J connectivity index is 2.03. The van der Waals surface area contributed by atoms with E-state index in [-0.39, 0.29) is 5.84 Å². The molecule has 21 heavy (non-hydrogen) atoms. The lowest BCUT2D eigenvalue weighted by atomic mass is 10.0. The minimum absolute atomic E-state index is 0.0868. The Kier molecular flexibility index (Phi) is 3.41. The Morgan fingerprint density at radius 1 is 0.810 bits per heavy atom. The van der Waals surface area contributed by atoms with Crippen LogP contribution in [0.3, 0.4) is 0 Å². The molecule has 0 saturated heterocycles. The lowest BCUT2D eigenvalue weighted by molar-refractivity contribution is 1.44. The summed E-state index contributed by atoms with van der Waals surface area (Å²) in [5, 5.41) is 9.64. The van der Waals surface area contributed by atoms with E-state index < -0.39 is 0 Å². The topological polar surface area (TPSA) is 49.9 Å². The van der Waals surface area contributed by atoms with Crippen LogP contribution in [-0.2, 0) is 0 Å². The maximum absolute atomic E-state index is 7.61. The molecule has 3 N–H and O–H groups in total. The molecular formula is C19H14N2. The Hall–Kier alpha value is -3.05. The predicted octanol–water partition coefficient (Wildman–Crippen LogP) is 3.52. The van der Waals surface area contributed by atoms with Crippen molar-refractivity contribution in [1.82, 2.24) is 0 Å². The van der Waals surface area contributed by atoms with Gasteiger partial charge in [0.1, 0.15) is 5.84 Å². The fourth-order valence-electron chi connectivity index (χ4n) is 2.26. The van der Waals surface area contributed by atoms with Gasteiger partial charge in [0.15, 0.2) is 0 Å². The monoisotopic (exact) mass is 270 g/mol. The van der Waals surface area contributed by atoms with Crippen molar-refractivity contribution in [2.24, 2.45) is 5.73 Å². The van der Waals surface area contributed by atoms with E-state index in [0.29, 0.717) is 0 Å². The first-order valence-electron chi connectivity index (χ1n) is 6.68. The normalized spacial score (nSPS) is 9.90. The van der Waals surface area contributed by atoms with Crippen LogP contribution in [0.5, 0.6) is 0 Å². The van der Waals surface area contributed by atoms with Gasteiger partial charge in [-0.1, -0.05) is 54.3 Å². The van der Waals surface area contributed by atoms with Crippen LogP contribution in [0, 0.1) is 17.3 Å². The Morgan fingerprint density at radius 2 is 1.57 bits per heavy atom. The van der Waals surface area contributed by atoms with E-state index in [2.05, 4.69) is 11.8 Å². The van der Waals surface area contributed by atoms with Crippen molar-refractivity contribution in [3.63, 3.8) is 0 Å². The van der Waals surface area contributed by atoms with Gasteiger partial charge >= 0.3 is 0 Å². The van der Waals surface area contributed by atoms with Crippen molar-refractivity contribution >= 4 is 16.6 Å². The lowest BCUT2D eigenvalue weighted by Crippen LogP contribution is -2.11. The smallest absolute Gasteiger partial charge is 0.123 e. The maximum Gasteiger partial charge on any atom is 0.123 e. The van der Waals surface area contributed by atoms with E-state index in [1.165, 1.54) is 0 Å². The van der Waals surface area contributed by atoms with E-state index in [0.717, 1.165) is 27.5 Å². The summed E-state index contributed by atoms with van der Waals surface area (Å²) in [7, 11) is 0. The summed E-state index contributed by atoms with van der Waals surface area (Å²) in [6.07, 6.45) is 0. The van der Waals surface area contributed by atoms with Gasteiger partial charge in [0.05, 0.1) is 0 Å². The van der Waals surface area contributed by atoms with Gasteiger partial charge in [-0.15, -0.1) is 0 Å². The average molecular weight is 270 g/mol. The molecule has 2 nitrogen and oxygen atoms in total.